The summed E-state index contributed by atoms with van der Waals surface area (Å²) in [4.78, 5) is 27.3. The summed E-state index contributed by atoms with van der Waals surface area (Å²) in [7, 11) is -3.83. The normalized spacial score (nSPS) is 12.1. The van der Waals surface area contributed by atoms with Crippen molar-refractivity contribution in [3.05, 3.63) is 66.0 Å². The van der Waals surface area contributed by atoms with Crippen molar-refractivity contribution in [2.45, 2.75) is 39.3 Å². The monoisotopic (exact) mass is 463 g/mol. The number of sulfonamides is 1. The molecule has 1 N–H and O–H groups in total. The van der Waals surface area contributed by atoms with Gasteiger partial charge < -0.3 is 10.2 Å². The summed E-state index contributed by atoms with van der Waals surface area (Å²) in [6.07, 6.45) is 2.71. The largest absolute Gasteiger partial charge is 0.354 e. The second kappa shape index (κ2) is 11.6. The minimum atomic E-state index is -3.83. The molecule has 2 aromatic rings. The van der Waals surface area contributed by atoms with Crippen LogP contribution in [-0.4, -0.2) is 50.5 Å². The van der Waals surface area contributed by atoms with Crippen molar-refractivity contribution < 1.29 is 22.4 Å². The lowest BCUT2D eigenvalue weighted by molar-refractivity contribution is -0.139. The average molecular weight is 464 g/mol. The van der Waals surface area contributed by atoms with Crippen LogP contribution in [0.2, 0.25) is 0 Å². The van der Waals surface area contributed by atoms with E-state index in [4.69, 9.17) is 0 Å². The maximum absolute atomic E-state index is 13.3. The second-order valence-electron chi connectivity index (χ2n) is 7.57. The van der Waals surface area contributed by atoms with Crippen LogP contribution in [0.1, 0.15) is 32.3 Å². The molecule has 0 heterocycles. The number of nitrogens with one attached hydrogen (secondary N) is 1. The Balaban J connectivity index is 2.30. The number of hydrogen-bond donors (Lipinski definition) is 1. The van der Waals surface area contributed by atoms with E-state index in [2.05, 4.69) is 5.32 Å². The van der Waals surface area contributed by atoms with Crippen molar-refractivity contribution in [3.63, 3.8) is 0 Å². The summed E-state index contributed by atoms with van der Waals surface area (Å²) in [6, 6.07) is 13.2. The predicted molar refractivity (Wildman–Crippen MR) is 123 cm³/mol. The smallest absolute Gasteiger partial charge is 0.244 e. The third-order valence-corrected chi connectivity index (χ3v) is 6.13. The summed E-state index contributed by atoms with van der Waals surface area (Å²) >= 11 is 0. The highest BCUT2D eigenvalue weighted by Crippen LogP contribution is 2.19. The molecule has 2 aromatic carbocycles. The van der Waals surface area contributed by atoms with Crippen molar-refractivity contribution in [2.75, 3.05) is 23.7 Å². The minimum absolute atomic E-state index is 0.142. The maximum Gasteiger partial charge on any atom is 0.244 e. The van der Waals surface area contributed by atoms with Crippen LogP contribution >= 0.6 is 0 Å². The number of carbonyl (C=O) groups is 2. The summed E-state index contributed by atoms with van der Waals surface area (Å²) in [5.74, 6) is -1.37. The Labute approximate surface area is 189 Å². The van der Waals surface area contributed by atoms with Crippen LogP contribution in [0.5, 0.6) is 0 Å². The zero-order valence-corrected chi connectivity index (χ0v) is 19.4. The number of unbranched alkanes of at least 4 members (excludes halogenated alkanes) is 1. The molecule has 32 heavy (non-hydrogen) atoms. The molecule has 0 saturated carbocycles. The molecule has 0 aliphatic heterocycles. The van der Waals surface area contributed by atoms with E-state index in [0.717, 1.165) is 41.1 Å². The average Bonchev–Trinajstić information content (AvgIpc) is 2.76. The zero-order chi connectivity index (χ0) is 23.7. The van der Waals surface area contributed by atoms with Gasteiger partial charge in [0.2, 0.25) is 21.8 Å². The number of halogens is 1. The van der Waals surface area contributed by atoms with Crippen LogP contribution in [0, 0.1) is 5.82 Å². The zero-order valence-electron chi connectivity index (χ0n) is 18.6. The fourth-order valence-corrected chi connectivity index (χ4v) is 3.97. The fourth-order valence-electron chi connectivity index (χ4n) is 3.12. The first-order chi connectivity index (χ1) is 15.1. The SMILES string of the molecule is CCCCNC(=O)[C@H](C)N(Cc1ccccc1)C(=O)CN(c1ccc(F)cc1)S(C)(=O)=O. The molecule has 0 aliphatic rings. The summed E-state index contributed by atoms with van der Waals surface area (Å²) in [5, 5.41) is 2.82. The number of nitrogens with zero attached hydrogens (tertiary/aromatic N) is 2. The Morgan fingerprint density at radius 3 is 2.25 bits per heavy atom. The highest BCUT2D eigenvalue weighted by Gasteiger charge is 2.29. The van der Waals surface area contributed by atoms with Gasteiger partial charge in [0.15, 0.2) is 0 Å². The van der Waals surface area contributed by atoms with Crippen LogP contribution in [-0.2, 0) is 26.2 Å². The third kappa shape index (κ3) is 7.33. The molecule has 0 aliphatic carbocycles. The lowest BCUT2D eigenvalue weighted by Crippen LogP contribution is -2.51. The van der Waals surface area contributed by atoms with Gasteiger partial charge in [-0.1, -0.05) is 43.7 Å². The maximum atomic E-state index is 13.3. The molecule has 0 bridgehead atoms. The first-order valence-electron chi connectivity index (χ1n) is 10.5. The first kappa shape index (κ1) is 25.3. The molecule has 0 unspecified atom stereocenters. The topological polar surface area (TPSA) is 86.8 Å². The fraction of sp³-hybridized carbons (Fsp3) is 0.391. The number of carbonyl (C=O) groups excluding carboxylic acids is 2. The van der Waals surface area contributed by atoms with Crippen LogP contribution < -0.4 is 9.62 Å². The van der Waals surface area contributed by atoms with Crippen molar-refractivity contribution in [1.29, 1.82) is 0 Å². The van der Waals surface area contributed by atoms with Crippen molar-refractivity contribution in [3.8, 4) is 0 Å². The second-order valence-corrected chi connectivity index (χ2v) is 9.48. The molecule has 0 spiro atoms. The molecular weight excluding hydrogens is 433 g/mol. The van der Waals surface area contributed by atoms with Crippen LogP contribution in [0.15, 0.2) is 54.6 Å². The molecule has 2 rings (SSSR count). The van der Waals surface area contributed by atoms with Crippen molar-refractivity contribution in [1.82, 2.24) is 10.2 Å². The van der Waals surface area contributed by atoms with E-state index in [1.54, 1.807) is 6.92 Å². The lowest BCUT2D eigenvalue weighted by atomic mass is 10.1. The molecule has 0 saturated heterocycles. The van der Waals surface area contributed by atoms with Gasteiger partial charge in [-0.25, -0.2) is 12.8 Å². The molecular formula is C23H30FN3O4S. The quantitative estimate of drug-likeness (QED) is 0.519. The van der Waals surface area contributed by atoms with Crippen LogP contribution in [0.25, 0.3) is 0 Å². The molecule has 0 fully saturated rings. The molecule has 174 valence electrons. The number of rotatable bonds is 11. The van der Waals surface area contributed by atoms with E-state index >= 15 is 0 Å². The number of anilines is 1. The highest BCUT2D eigenvalue weighted by atomic mass is 32.2. The number of hydrogen-bond acceptors (Lipinski definition) is 4. The summed E-state index contributed by atoms with van der Waals surface area (Å²) in [6.45, 7) is 3.76. The minimum Gasteiger partial charge on any atom is -0.354 e. The van der Waals surface area contributed by atoms with E-state index in [9.17, 15) is 22.4 Å². The Hall–Kier alpha value is -2.94. The van der Waals surface area contributed by atoms with Gasteiger partial charge in [0, 0.05) is 13.1 Å². The van der Waals surface area contributed by atoms with E-state index in [0.29, 0.717) is 6.54 Å². The van der Waals surface area contributed by atoms with Gasteiger partial charge in [-0.3, -0.25) is 13.9 Å². The van der Waals surface area contributed by atoms with Gasteiger partial charge in [-0.05, 0) is 43.2 Å². The van der Waals surface area contributed by atoms with E-state index in [1.165, 1.54) is 17.0 Å². The highest BCUT2D eigenvalue weighted by molar-refractivity contribution is 7.92. The first-order valence-corrected chi connectivity index (χ1v) is 12.3. The van der Waals surface area contributed by atoms with Crippen LogP contribution in [0.4, 0.5) is 10.1 Å². The Kier molecular flexibility index (Phi) is 9.19. The Bertz CT molecular complexity index is 998. The summed E-state index contributed by atoms with van der Waals surface area (Å²) < 4.78 is 39.0. The molecule has 0 radical (unpaired) electrons. The molecule has 0 aromatic heterocycles. The van der Waals surface area contributed by atoms with Crippen molar-refractivity contribution >= 4 is 27.5 Å². The molecule has 9 heteroatoms. The van der Waals surface area contributed by atoms with Crippen molar-refractivity contribution in [2.24, 2.45) is 0 Å². The van der Waals surface area contributed by atoms with E-state index in [1.807, 2.05) is 37.3 Å². The Morgan fingerprint density at radius 1 is 1.06 bits per heavy atom. The van der Waals surface area contributed by atoms with E-state index in [-0.39, 0.29) is 18.1 Å². The van der Waals surface area contributed by atoms with Gasteiger partial charge in [0.05, 0.1) is 11.9 Å². The van der Waals surface area contributed by atoms with Crippen LogP contribution in [0.3, 0.4) is 0 Å². The molecule has 7 nitrogen and oxygen atoms in total. The van der Waals surface area contributed by atoms with Gasteiger partial charge >= 0.3 is 0 Å². The van der Waals surface area contributed by atoms with Gasteiger partial charge in [0.1, 0.15) is 18.4 Å². The van der Waals surface area contributed by atoms with Gasteiger partial charge in [-0.2, -0.15) is 0 Å². The lowest BCUT2D eigenvalue weighted by Gasteiger charge is -2.31. The van der Waals surface area contributed by atoms with Gasteiger partial charge in [-0.15, -0.1) is 0 Å². The number of amides is 2. The summed E-state index contributed by atoms with van der Waals surface area (Å²) in [5.41, 5.74) is 0.976. The standard InChI is InChI=1S/C23H30FN3O4S/c1-4-5-15-25-23(29)18(2)26(16-19-9-7-6-8-10-19)22(28)17-27(32(3,30)31)21-13-11-20(24)12-14-21/h6-14,18H,4-5,15-17H2,1-3H3,(H,25,29)/t18-/m0/s1. The Morgan fingerprint density at radius 2 is 1.69 bits per heavy atom. The van der Waals surface area contributed by atoms with Gasteiger partial charge in [0.25, 0.3) is 0 Å². The molecule has 2 amide bonds. The number of benzene rings is 2. The molecule has 1 atom stereocenters. The predicted octanol–water partition coefficient (Wildman–Crippen LogP) is 2.93. The third-order valence-electron chi connectivity index (χ3n) is 4.99. The van der Waals surface area contributed by atoms with E-state index < -0.39 is 34.3 Å².